The first-order chi connectivity index (χ1) is 9.47. The van der Waals surface area contributed by atoms with Crippen LogP contribution in [0.25, 0.3) is 0 Å². The third-order valence-electron chi connectivity index (χ3n) is 2.36. The van der Waals surface area contributed by atoms with Gasteiger partial charge in [0.2, 0.25) is 5.78 Å². The van der Waals surface area contributed by atoms with Crippen molar-refractivity contribution in [1.29, 1.82) is 0 Å². The molecule has 4 nitrogen and oxygen atoms in total. The van der Waals surface area contributed by atoms with Crippen LogP contribution in [0.4, 0.5) is 0 Å². The van der Waals surface area contributed by atoms with Crippen LogP contribution < -0.4 is 0 Å². The van der Waals surface area contributed by atoms with Crippen LogP contribution in [-0.2, 0) is 4.74 Å². The van der Waals surface area contributed by atoms with Crippen LogP contribution in [0, 0.1) is 0 Å². The summed E-state index contributed by atoms with van der Waals surface area (Å²) >= 11 is 10.2. The van der Waals surface area contributed by atoms with E-state index in [9.17, 15) is 14.7 Å². The summed E-state index contributed by atoms with van der Waals surface area (Å²) in [5, 5.41) is 9.84. The average molecular weight is 376 g/mol. The van der Waals surface area contributed by atoms with Crippen molar-refractivity contribution in [3.05, 3.63) is 49.6 Å². The molecule has 0 amide bonds. The Morgan fingerprint density at radius 1 is 1.30 bits per heavy atom. The molecule has 7 heteroatoms. The van der Waals surface area contributed by atoms with Crippen molar-refractivity contribution in [1.82, 2.24) is 0 Å². The molecule has 0 fully saturated rings. The molecule has 0 saturated heterocycles. The van der Waals surface area contributed by atoms with Gasteiger partial charge in [0, 0.05) is 5.02 Å². The number of aromatic hydroxyl groups is 1. The highest BCUT2D eigenvalue weighted by Gasteiger charge is 2.16. The number of rotatable bonds is 4. The minimum atomic E-state index is -0.797. The summed E-state index contributed by atoms with van der Waals surface area (Å²) in [6, 6.07) is 7.40. The van der Waals surface area contributed by atoms with Gasteiger partial charge >= 0.3 is 5.97 Å². The van der Waals surface area contributed by atoms with E-state index < -0.39 is 12.6 Å². The summed E-state index contributed by atoms with van der Waals surface area (Å²) in [7, 11) is 0. The lowest BCUT2D eigenvalue weighted by Crippen LogP contribution is -2.13. The highest BCUT2D eigenvalue weighted by atomic mass is 79.9. The van der Waals surface area contributed by atoms with E-state index in [0.717, 1.165) is 3.79 Å². The molecule has 2 aromatic rings. The quantitative estimate of drug-likeness (QED) is 0.650. The molecule has 2 rings (SSSR count). The van der Waals surface area contributed by atoms with Gasteiger partial charge in [-0.15, -0.1) is 11.3 Å². The summed E-state index contributed by atoms with van der Waals surface area (Å²) in [6.45, 7) is -0.391. The highest BCUT2D eigenvalue weighted by molar-refractivity contribution is 9.11. The molecular formula is C13H8BrClO4S. The van der Waals surface area contributed by atoms with E-state index in [-0.39, 0.29) is 17.1 Å². The number of phenols is 1. The summed E-state index contributed by atoms with van der Waals surface area (Å²) in [4.78, 5) is 24.0. The number of phenolic OH excluding ortho intramolecular Hbond substituents is 1. The summed E-state index contributed by atoms with van der Waals surface area (Å²) in [5.41, 5.74) is -0.0716. The van der Waals surface area contributed by atoms with Gasteiger partial charge < -0.3 is 9.84 Å². The number of benzene rings is 1. The summed E-state index contributed by atoms with van der Waals surface area (Å²) in [5.74, 6) is -1.35. The number of thiophene rings is 1. The number of Topliss-reactive ketones (excluding diaryl/α,β-unsaturated/α-hetero) is 1. The Bertz CT molecular complexity index is 668. The molecule has 1 aromatic heterocycles. The fourth-order valence-corrected chi connectivity index (χ4v) is 2.90. The molecule has 104 valence electrons. The molecule has 0 aliphatic carbocycles. The number of carbonyl (C=O) groups excluding carboxylic acids is 2. The maximum absolute atomic E-state index is 11.8. The van der Waals surface area contributed by atoms with Gasteiger partial charge in [-0.25, -0.2) is 4.79 Å². The Hall–Kier alpha value is -1.37. The van der Waals surface area contributed by atoms with E-state index in [4.69, 9.17) is 16.3 Å². The number of hydrogen-bond donors (Lipinski definition) is 1. The Morgan fingerprint density at radius 2 is 2.05 bits per heavy atom. The Morgan fingerprint density at radius 3 is 2.70 bits per heavy atom. The first-order valence-corrected chi connectivity index (χ1v) is 7.40. The predicted molar refractivity (Wildman–Crippen MR) is 79.7 cm³/mol. The molecule has 1 aromatic carbocycles. The largest absolute Gasteiger partial charge is 0.507 e. The standard InChI is InChI=1S/C13H8BrClO4S/c14-12-4-3-11(20-12)10(17)6-19-13(18)8-5-7(15)1-2-9(8)16/h1-5,16H,6H2. The van der Waals surface area contributed by atoms with E-state index in [1.165, 1.54) is 29.5 Å². The zero-order valence-electron chi connectivity index (χ0n) is 9.93. The van der Waals surface area contributed by atoms with Gasteiger partial charge in [-0.2, -0.15) is 0 Å². The Kier molecular flexibility index (Phi) is 4.80. The van der Waals surface area contributed by atoms with Gasteiger partial charge in [0.15, 0.2) is 6.61 Å². The molecule has 0 atom stereocenters. The fourth-order valence-electron chi connectivity index (χ4n) is 1.42. The van der Waals surface area contributed by atoms with Crippen LogP contribution in [0.15, 0.2) is 34.1 Å². The molecule has 20 heavy (non-hydrogen) atoms. The van der Waals surface area contributed by atoms with Crippen molar-refractivity contribution in [3.8, 4) is 5.75 Å². The average Bonchev–Trinajstić information content (AvgIpc) is 2.85. The van der Waals surface area contributed by atoms with E-state index in [0.29, 0.717) is 9.90 Å². The minimum Gasteiger partial charge on any atom is -0.507 e. The summed E-state index contributed by atoms with van der Waals surface area (Å²) in [6.07, 6.45) is 0. The summed E-state index contributed by atoms with van der Waals surface area (Å²) < 4.78 is 5.69. The van der Waals surface area contributed by atoms with Crippen molar-refractivity contribution in [2.24, 2.45) is 0 Å². The first-order valence-electron chi connectivity index (χ1n) is 5.41. The van der Waals surface area contributed by atoms with E-state index in [1.807, 2.05) is 0 Å². The van der Waals surface area contributed by atoms with Crippen LogP contribution in [0.3, 0.4) is 0 Å². The van der Waals surface area contributed by atoms with Gasteiger partial charge in [-0.3, -0.25) is 4.79 Å². The number of ketones is 1. The van der Waals surface area contributed by atoms with Crippen molar-refractivity contribution in [3.63, 3.8) is 0 Å². The Balaban J connectivity index is 2.02. The van der Waals surface area contributed by atoms with Gasteiger partial charge in [0.25, 0.3) is 0 Å². The number of halogens is 2. The third kappa shape index (κ3) is 3.59. The topological polar surface area (TPSA) is 63.6 Å². The van der Waals surface area contributed by atoms with Gasteiger partial charge in [-0.05, 0) is 46.3 Å². The number of hydrogen-bond acceptors (Lipinski definition) is 5. The number of ether oxygens (including phenoxy) is 1. The van der Waals surface area contributed by atoms with Gasteiger partial charge in [0.1, 0.15) is 11.3 Å². The second-order valence-corrected chi connectivity index (χ2v) is 6.66. The van der Waals surface area contributed by atoms with Crippen LogP contribution in [0.2, 0.25) is 5.02 Å². The Labute approximate surface area is 132 Å². The van der Waals surface area contributed by atoms with Crippen LogP contribution >= 0.6 is 38.9 Å². The number of carbonyl (C=O) groups is 2. The molecule has 0 bridgehead atoms. The molecule has 0 aliphatic rings. The van der Waals surface area contributed by atoms with Crippen LogP contribution in [0.5, 0.6) is 5.75 Å². The fraction of sp³-hybridized carbons (Fsp3) is 0.0769. The zero-order valence-corrected chi connectivity index (χ0v) is 13.1. The second-order valence-electron chi connectivity index (χ2n) is 3.76. The maximum atomic E-state index is 11.8. The lowest BCUT2D eigenvalue weighted by Gasteiger charge is -2.05. The minimum absolute atomic E-state index is 0.0716. The highest BCUT2D eigenvalue weighted by Crippen LogP contribution is 2.24. The lowest BCUT2D eigenvalue weighted by molar-refractivity contribution is 0.0473. The van der Waals surface area contributed by atoms with E-state index in [1.54, 1.807) is 12.1 Å². The molecular weight excluding hydrogens is 368 g/mol. The van der Waals surface area contributed by atoms with Crippen LogP contribution in [0.1, 0.15) is 20.0 Å². The predicted octanol–water partition coefficient (Wildman–Crippen LogP) is 3.91. The maximum Gasteiger partial charge on any atom is 0.342 e. The molecule has 0 saturated carbocycles. The van der Waals surface area contributed by atoms with Crippen molar-refractivity contribution in [2.75, 3.05) is 6.61 Å². The molecule has 0 aliphatic heterocycles. The number of esters is 1. The molecule has 1 N–H and O–H groups in total. The van der Waals surface area contributed by atoms with Gasteiger partial charge in [0.05, 0.1) is 8.66 Å². The molecule has 0 spiro atoms. The zero-order chi connectivity index (χ0) is 14.7. The van der Waals surface area contributed by atoms with E-state index in [2.05, 4.69) is 15.9 Å². The third-order valence-corrected chi connectivity index (χ3v) is 4.26. The van der Waals surface area contributed by atoms with E-state index >= 15 is 0 Å². The smallest absolute Gasteiger partial charge is 0.342 e. The monoisotopic (exact) mass is 374 g/mol. The molecule has 0 unspecified atom stereocenters. The first kappa shape index (κ1) is 15.0. The van der Waals surface area contributed by atoms with Crippen molar-refractivity contribution >= 4 is 50.6 Å². The second kappa shape index (κ2) is 6.39. The molecule has 1 heterocycles. The van der Waals surface area contributed by atoms with Crippen molar-refractivity contribution in [2.45, 2.75) is 0 Å². The van der Waals surface area contributed by atoms with Crippen molar-refractivity contribution < 1.29 is 19.4 Å². The molecule has 0 radical (unpaired) electrons. The van der Waals surface area contributed by atoms with Crippen LogP contribution in [-0.4, -0.2) is 23.5 Å². The van der Waals surface area contributed by atoms with Gasteiger partial charge in [-0.1, -0.05) is 11.6 Å². The lowest BCUT2D eigenvalue weighted by atomic mass is 10.2. The SMILES string of the molecule is O=C(COC(=O)c1cc(Cl)ccc1O)c1ccc(Br)s1. The normalized spacial score (nSPS) is 10.3.